The highest BCUT2D eigenvalue weighted by Crippen LogP contribution is 1.89. The maximum Gasteiger partial charge on any atom is 0.193 e. The van der Waals surface area contributed by atoms with Crippen LogP contribution in [-0.2, 0) is 9.47 Å². The molecule has 0 rings (SSSR count). The van der Waals surface area contributed by atoms with Crippen LogP contribution < -0.4 is 0 Å². The molecule has 0 atom stereocenters. The zero-order chi connectivity index (χ0) is 6.41. The van der Waals surface area contributed by atoms with E-state index >= 15 is 0 Å². The molecule has 0 saturated carbocycles. The van der Waals surface area contributed by atoms with E-state index in [1.807, 2.05) is 0 Å². The van der Waals surface area contributed by atoms with Gasteiger partial charge in [0.05, 0.1) is 12.5 Å². The van der Waals surface area contributed by atoms with Gasteiger partial charge in [-0.15, -0.1) is 0 Å². The van der Waals surface area contributed by atoms with Crippen LogP contribution in [0.25, 0.3) is 0 Å². The highest BCUT2D eigenvalue weighted by molar-refractivity contribution is 7.06. The Balaban J connectivity index is 2.92. The molecule has 0 radical (unpaired) electrons. The Morgan fingerprint density at radius 1 is 1.25 bits per heavy atom. The zero-order valence-electron chi connectivity index (χ0n) is 5.19. The number of ether oxygens (including phenoxy) is 2. The van der Waals surface area contributed by atoms with Crippen LogP contribution in [0.2, 0.25) is 0 Å². The van der Waals surface area contributed by atoms with Crippen molar-refractivity contribution in [2.24, 2.45) is 0 Å². The van der Waals surface area contributed by atoms with Crippen molar-refractivity contribution in [2.45, 2.75) is 0 Å². The number of hydrogen-bond donors (Lipinski definition) is 0. The second-order valence-electron chi connectivity index (χ2n) is 1.51. The molecule has 0 aliphatic rings. The molecule has 8 heavy (non-hydrogen) atoms. The molecule has 2 nitrogen and oxygen atoms in total. The third-order valence-electron chi connectivity index (χ3n) is 0.695. The van der Waals surface area contributed by atoms with Gasteiger partial charge < -0.3 is 9.47 Å². The fourth-order valence-electron chi connectivity index (χ4n) is 0.410. The van der Waals surface area contributed by atoms with Gasteiger partial charge in [-0.3, -0.25) is 0 Å². The van der Waals surface area contributed by atoms with Crippen LogP contribution in [0.15, 0.2) is 0 Å². The van der Waals surface area contributed by atoms with E-state index in [-0.39, 0.29) is 0 Å². The van der Waals surface area contributed by atoms with Crippen LogP contribution in [0, 0.1) is 0 Å². The minimum atomic E-state index is -1.17. The van der Waals surface area contributed by atoms with E-state index in [0.717, 1.165) is 0 Å². The van der Waals surface area contributed by atoms with E-state index in [1.54, 1.807) is 14.2 Å². The third kappa shape index (κ3) is 4.58. The van der Waals surface area contributed by atoms with Crippen molar-refractivity contribution in [3.05, 3.63) is 0 Å². The summed E-state index contributed by atoms with van der Waals surface area (Å²) in [6, 6.07) is 0. The molecule has 0 aromatic heterocycles. The number of rotatable bonds is 4. The summed E-state index contributed by atoms with van der Waals surface area (Å²) in [6.07, 6.45) is 1.38. The Morgan fingerprint density at radius 2 is 1.62 bits per heavy atom. The Labute approximate surface area is 56.0 Å². The molecule has 0 unspecified atom stereocenters. The smallest absolute Gasteiger partial charge is 0.193 e. The van der Waals surface area contributed by atoms with E-state index in [1.165, 1.54) is 0 Å². The van der Waals surface area contributed by atoms with Gasteiger partial charge in [-0.1, -0.05) is 0 Å². The highest BCUT2D eigenvalue weighted by Gasteiger charge is 2.03. The van der Waals surface area contributed by atoms with Crippen molar-refractivity contribution in [1.29, 1.82) is 0 Å². The highest BCUT2D eigenvalue weighted by atomic mass is 35.6. The van der Waals surface area contributed by atoms with Crippen molar-refractivity contribution >= 4 is 19.2 Å². The number of halogens is 1. The largest absolute Gasteiger partial charge is 0.387 e. The van der Waals surface area contributed by atoms with Crippen molar-refractivity contribution in [3.8, 4) is 0 Å². The van der Waals surface area contributed by atoms with Crippen molar-refractivity contribution < 1.29 is 9.47 Å². The lowest BCUT2D eigenvalue weighted by molar-refractivity contribution is 0.226. The average molecular weight is 155 g/mol. The Kier molecular flexibility index (Phi) is 5.86. The van der Waals surface area contributed by atoms with Gasteiger partial charge in [0, 0.05) is 14.2 Å². The lowest BCUT2D eigenvalue weighted by Crippen LogP contribution is -2.19. The predicted molar refractivity (Wildman–Crippen MR) is 36.8 cm³/mol. The van der Waals surface area contributed by atoms with E-state index < -0.39 is 8.11 Å². The van der Waals surface area contributed by atoms with Crippen LogP contribution >= 0.6 is 11.1 Å². The first-order valence-corrected chi connectivity index (χ1v) is 5.81. The molecule has 0 saturated heterocycles. The third-order valence-corrected chi connectivity index (χ3v) is 2.84. The second-order valence-corrected chi connectivity index (χ2v) is 5.22. The van der Waals surface area contributed by atoms with E-state index in [2.05, 4.69) is 0 Å². The average Bonchev–Trinajstić information content (AvgIpc) is 1.68. The van der Waals surface area contributed by atoms with Crippen molar-refractivity contribution in [1.82, 2.24) is 0 Å². The van der Waals surface area contributed by atoms with E-state index in [0.29, 0.717) is 12.5 Å². The van der Waals surface area contributed by atoms with E-state index in [4.69, 9.17) is 20.6 Å². The van der Waals surface area contributed by atoms with Gasteiger partial charge >= 0.3 is 0 Å². The van der Waals surface area contributed by atoms with Gasteiger partial charge in [0.1, 0.15) is 0 Å². The molecular formula is C4H11ClO2Si. The number of methoxy groups -OCH3 is 2. The molecule has 0 N–H and O–H groups in total. The quantitative estimate of drug-likeness (QED) is 0.429. The minimum Gasteiger partial charge on any atom is -0.387 e. The predicted octanol–water partition coefficient (Wildman–Crippen LogP) is 0.320. The maximum atomic E-state index is 5.77. The monoisotopic (exact) mass is 154 g/mol. The van der Waals surface area contributed by atoms with Crippen LogP contribution in [0.4, 0.5) is 0 Å². The summed E-state index contributed by atoms with van der Waals surface area (Å²) in [6.45, 7) is 0. The van der Waals surface area contributed by atoms with Crippen molar-refractivity contribution in [2.75, 3.05) is 26.7 Å². The Morgan fingerprint density at radius 3 is 1.88 bits per heavy atom. The molecular weight excluding hydrogens is 144 g/mol. The second kappa shape index (κ2) is 5.56. The van der Waals surface area contributed by atoms with Gasteiger partial charge in [-0.25, -0.2) is 0 Å². The lowest BCUT2D eigenvalue weighted by Gasteiger charge is -2.02. The molecule has 0 aromatic carbocycles. The molecule has 0 fully saturated rings. The summed E-state index contributed by atoms with van der Waals surface area (Å²) >= 11 is 5.77. The van der Waals surface area contributed by atoms with Gasteiger partial charge in [0.2, 0.25) is 0 Å². The summed E-state index contributed by atoms with van der Waals surface area (Å²) in [4.78, 5) is 0. The molecule has 0 amide bonds. The fraction of sp³-hybridized carbons (Fsp3) is 1.00. The zero-order valence-corrected chi connectivity index (χ0v) is 7.10. The molecule has 4 heteroatoms. The van der Waals surface area contributed by atoms with Crippen LogP contribution in [0.5, 0.6) is 0 Å². The topological polar surface area (TPSA) is 18.5 Å². The van der Waals surface area contributed by atoms with Gasteiger partial charge in [-0.05, 0) is 0 Å². The lowest BCUT2D eigenvalue weighted by atomic mass is 11.5. The molecule has 0 heterocycles. The summed E-state index contributed by atoms with van der Waals surface area (Å²) in [5.41, 5.74) is 0. The molecule has 50 valence electrons. The van der Waals surface area contributed by atoms with Gasteiger partial charge in [-0.2, -0.15) is 11.1 Å². The molecule has 0 bridgehead atoms. The van der Waals surface area contributed by atoms with Gasteiger partial charge in [0.15, 0.2) is 8.11 Å². The first-order chi connectivity index (χ1) is 3.81. The first-order valence-electron chi connectivity index (χ1n) is 2.43. The standard InChI is InChI=1S/C4H11ClO2Si/c1-6-3-8(5)4-7-2/h8H,3-4H2,1-2H3. The van der Waals surface area contributed by atoms with Crippen LogP contribution in [0.3, 0.4) is 0 Å². The Hall–Kier alpha value is 0.427. The molecule has 0 aliphatic carbocycles. The Bertz CT molecular complexity index is 47.3. The van der Waals surface area contributed by atoms with Crippen molar-refractivity contribution in [3.63, 3.8) is 0 Å². The maximum absolute atomic E-state index is 5.77. The minimum absolute atomic E-state index is 0.690. The first kappa shape index (κ1) is 8.43. The summed E-state index contributed by atoms with van der Waals surface area (Å²) in [7, 11) is 2.13. The number of hydrogen-bond acceptors (Lipinski definition) is 2. The summed E-state index contributed by atoms with van der Waals surface area (Å²) < 4.78 is 9.61. The SMILES string of the molecule is COC[SiH](Cl)COC. The molecule has 0 spiro atoms. The van der Waals surface area contributed by atoms with Gasteiger partial charge in [0.25, 0.3) is 0 Å². The van der Waals surface area contributed by atoms with Crippen LogP contribution in [-0.4, -0.2) is 34.8 Å². The van der Waals surface area contributed by atoms with Crippen LogP contribution in [0.1, 0.15) is 0 Å². The molecule has 0 aromatic rings. The summed E-state index contributed by atoms with van der Waals surface area (Å²) in [5, 5.41) is 0. The molecule has 0 aliphatic heterocycles. The normalized spacial score (nSPS) is 10.5. The fourth-order valence-corrected chi connectivity index (χ4v) is 1.99. The van der Waals surface area contributed by atoms with E-state index in [9.17, 15) is 0 Å². The summed E-state index contributed by atoms with van der Waals surface area (Å²) in [5.74, 6) is 0.